The Balaban J connectivity index is 2.70. The highest BCUT2D eigenvalue weighted by molar-refractivity contribution is 5.79. The maximum absolute atomic E-state index is 10.7. The Morgan fingerprint density at radius 3 is 2.56 bits per heavy atom. The first-order valence-electron chi connectivity index (χ1n) is 10.0. The molecule has 3 nitrogen and oxygen atoms in total. The molecule has 2 atom stereocenters. The number of carbonyl (C=O) groups is 1. The van der Waals surface area contributed by atoms with Gasteiger partial charge in [-0.3, -0.25) is 4.99 Å². The zero-order valence-electron chi connectivity index (χ0n) is 18.2. The molecule has 1 aliphatic carbocycles. The van der Waals surface area contributed by atoms with Gasteiger partial charge < -0.3 is 5.11 Å². The number of aliphatic carboxylic acids is 1. The van der Waals surface area contributed by atoms with Gasteiger partial charge in [-0.2, -0.15) is 0 Å². The predicted octanol–water partition coefficient (Wildman–Crippen LogP) is 6.53. The molecule has 0 amide bonds. The number of carboxylic acid groups (broad SMARTS) is 1. The molecule has 0 fully saturated rings. The number of allylic oxidation sites excluding steroid dienone is 8. The molecule has 0 spiro atoms. The number of aliphatic imine (C=N–C) groups is 1. The lowest BCUT2D eigenvalue weighted by molar-refractivity contribution is -0.137. The van der Waals surface area contributed by atoms with E-state index in [1.54, 1.807) is 24.3 Å². The van der Waals surface area contributed by atoms with Gasteiger partial charge in [0.1, 0.15) is 6.04 Å². The summed E-state index contributed by atoms with van der Waals surface area (Å²) < 4.78 is 0. The molecule has 0 aromatic carbocycles. The van der Waals surface area contributed by atoms with Crippen molar-refractivity contribution in [3.05, 3.63) is 46.6 Å². The van der Waals surface area contributed by atoms with Crippen LogP contribution < -0.4 is 0 Å². The van der Waals surface area contributed by atoms with Crippen molar-refractivity contribution in [1.82, 2.24) is 0 Å². The monoisotopic (exact) mass is 371 g/mol. The van der Waals surface area contributed by atoms with E-state index < -0.39 is 12.0 Å². The summed E-state index contributed by atoms with van der Waals surface area (Å²) in [5, 5.41) is 8.82. The number of hydrogen-bond donors (Lipinski definition) is 1. The molecule has 0 heterocycles. The van der Waals surface area contributed by atoms with E-state index >= 15 is 0 Å². The maximum Gasteiger partial charge on any atom is 0.328 e. The van der Waals surface area contributed by atoms with E-state index in [1.165, 1.54) is 24.8 Å². The van der Waals surface area contributed by atoms with Crippen molar-refractivity contribution in [3.8, 4) is 0 Å². The van der Waals surface area contributed by atoms with Crippen molar-refractivity contribution in [2.45, 2.75) is 80.2 Å². The first kappa shape index (κ1) is 23.1. The molecule has 0 aromatic heterocycles. The lowest BCUT2D eigenvalue weighted by Gasteiger charge is -2.34. The number of rotatable bonds is 8. The van der Waals surface area contributed by atoms with Crippen LogP contribution in [0, 0.1) is 11.3 Å². The molecule has 27 heavy (non-hydrogen) atoms. The van der Waals surface area contributed by atoms with Crippen LogP contribution in [0.4, 0.5) is 0 Å². The zero-order chi connectivity index (χ0) is 20.6. The Kier molecular flexibility index (Phi) is 8.95. The van der Waals surface area contributed by atoms with E-state index in [4.69, 9.17) is 5.11 Å². The predicted molar refractivity (Wildman–Crippen MR) is 116 cm³/mol. The number of carboxylic acids is 1. The lowest BCUT2D eigenvalue weighted by atomic mass is 9.71. The molecule has 0 radical (unpaired) electrons. The molecule has 1 unspecified atom stereocenters. The van der Waals surface area contributed by atoms with E-state index in [1.807, 2.05) is 13.0 Å². The van der Waals surface area contributed by atoms with Gasteiger partial charge in [0, 0.05) is 6.21 Å². The van der Waals surface area contributed by atoms with Crippen molar-refractivity contribution in [2.75, 3.05) is 0 Å². The fourth-order valence-electron chi connectivity index (χ4n) is 3.43. The highest BCUT2D eigenvalue weighted by Gasteiger charge is 2.27. The SMILES string of the molecule is CC1=C(C/C=C(\C)C(C)/C=C/C(C)=C/C=N\[C@@H](C)C(=O)O)C(C)(C)CCC1. The van der Waals surface area contributed by atoms with E-state index in [0.717, 1.165) is 12.0 Å². The van der Waals surface area contributed by atoms with Crippen LogP contribution >= 0.6 is 0 Å². The third kappa shape index (κ3) is 7.70. The summed E-state index contributed by atoms with van der Waals surface area (Å²) in [7, 11) is 0. The highest BCUT2D eigenvalue weighted by Crippen LogP contribution is 2.42. The molecule has 0 aliphatic heterocycles. The van der Waals surface area contributed by atoms with Crippen molar-refractivity contribution in [2.24, 2.45) is 16.3 Å². The fourth-order valence-corrected chi connectivity index (χ4v) is 3.43. The molecular weight excluding hydrogens is 334 g/mol. The van der Waals surface area contributed by atoms with Gasteiger partial charge in [0.05, 0.1) is 0 Å². The maximum atomic E-state index is 10.7. The van der Waals surface area contributed by atoms with Crippen molar-refractivity contribution in [1.29, 1.82) is 0 Å². The molecule has 0 saturated heterocycles. The zero-order valence-corrected chi connectivity index (χ0v) is 18.2. The molecule has 0 saturated carbocycles. The van der Waals surface area contributed by atoms with Gasteiger partial charge in [0.15, 0.2) is 0 Å². The van der Waals surface area contributed by atoms with Gasteiger partial charge in [-0.05, 0) is 76.4 Å². The minimum absolute atomic E-state index is 0.323. The summed E-state index contributed by atoms with van der Waals surface area (Å²) in [6.07, 6.45) is 15.0. The van der Waals surface area contributed by atoms with E-state index in [0.29, 0.717) is 11.3 Å². The summed E-state index contributed by atoms with van der Waals surface area (Å²) in [4.78, 5) is 14.7. The van der Waals surface area contributed by atoms with E-state index in [2.05, 4.69) is 57.8 Å². The average molecular weight is 372 g/mol. The van der Waals surface area contributed by atoms with Crippen molar-refractivity contribution in [3.63, 3.8) is 0 Å². The third-order valence-electron chi connectivity index (χ3n) is 5.68. The Labute approximate surface area is 165 Å². The minimum Gasteiger partial charge on any atom is -0.480 e. The molecule has 0 bridgehead atoms. The summed E-state index contributed by atoms with van der Waals surface area (Å²) in [6.45, 7) is 15.0. The van der Waals surface area contributed by atoms with Crippen molar-refractivity contribution < 1.29 is 9.90 Å². The Morgan fingerprint density at radius 2 is 1.96 bits per heavy atom. The average Bonchev–Trinajstić information content (AvgIpc) is 2.58. The van der Waals surface area contributed by atoms with Crippen LogP contribution in [0.15, 0.2) is 51.6 Å². The highest BCUT2D eigenvalue weighted by atomic mass is 16.4. The Bertz CT molecular complexity index is 674. The Hall–Kier alpha value is -1.90. The second-order valence-corrected chi connectivity index (χ2v) is 8.52. The molecule has 0 aromatic rings. The van der Waals surface area contributed by atoms with Crippen LogP contribution in [0.3, 0.4) is 0 Å². The van der Waals surface area contributed by atoms with Crippen LogP contribution in [0.25, 0.3) is 0 Å². The summed E-state index contributed by atoms with van der Waals surface area (Å²) in [6, 6.07) is -0.705. The second-order valence-electron chi connectivity index (χ2n) is 8.52. The molecular formula is C24H37NO2. The molecule has 1 rings (SSSR count). The Morgan fingerprint density at radius 1 is 1.30 bits per heavy atom. The fraction of sp³-hybridized carbons (Fsp3) is 0.583. The van der Waals surface area contributed by atoms with Gasteiger partial charge in [-0.15, -0.1) is 0 Å². The van der Waals surface area contributed by atoms with E-state index in [-0.39, 0.29) is 0 Å². The van der Waals surface area contributed by atoms with Crippen LogP contribution in [-0.4, -0.2) is 23.3 Å². The van der Waals surface area contributed by atoms with Gasteiger partial charge in [0.25, 0.3) is 0 Å². The van der Waals surface area contributed by atoms with Crippen LogP contribution in [0.2, 0.25) is 0 Å². The van der Waals surface area contributed by atoms with Gasteiger partial charge >= 0.3 is 5.97 Å². The van der Waals surface area contributed by atoms with Crippen molar-refractivity contribution >= 4 is 12.2 Å². The van der Waals surface area contributed by atoms with Crippen LogP contribution in [0.5, 0.6) is 0 Å². The molecule has 1 N–H and O–H groups in total. The largest absolute Gasteiger partial charge is 0.480 e. The van der Waals surface area contributed by atoms with Crippen LogP contribution in [-0.2, 0) is 4.79 Å². The summed E-state index contributed by atoms with van der Waals surface area (Å²) in [5.74, 6) is -0.537. The number of nitrogens with zero attached hydrogens (tertiary/aromatic N) is 1. The van der Waals surface area contributed by atoms with E-state index in [9.17, 15) is 4.79 Å². The topological polar surface area (TPSA) is 49.7 Å². The second kappa shape index (κ2) is 10.4. The summed E-state index contributed by atoms with van der Waals surface area (Å²) in [5.41, 5.74) is 5.96. The van der Waals surface area contributed by atoms with Crippen LogP contribution in [0.1, 0.15) is 74.1 Å². The van der Waals surface area contributed by atoms with Gasteiger partial charge in [-0.1, -0.05) is 55.7 Å². The lowest BCUT2D eigenvalue weighted by Crippen LogP contribution is -2.20. The van der Waals surface area contributed by atoms with Gasteiger partial charge in [0.2, 0.25) is 0 Å². The molecule has 1 aliphatic rings. The summed E-state index contributed by atoms with van der Waals surface area (Å²) >= 11 is 0. The smallest absolute Gasteiger partial charge is 0.328 e. The standard InChI is InChI=1S/C24H37NO2/c1-17(14-16-25-21(5)23(26)27)10-11-18(2)19(3)12-13-22-20(4)9-8-15-24(22,6)7/h10-12,14,16,18,21H,8-9,13,15H2,1-7H3,(H,26,27)/b11-10+,17-14+,19-12+,25-16-/t18?,21-/m0/s1. The first-order valence-corrected chi connectivity index (χ1v) is 10.0. The quantitative estimate of drug-likeness (QED) is 0.299. The molecule has 150 valence electrons. The minimum atomic E-state index is -0.909. The normalized spacial score (nSPS) is 21.1. The number of hydrogen-bond acceptors (Lipinski definition) is 2. The third-order valence-corrected chi connectivity index (χ3v) is 5.68. The first-order chi connectivity index (χ1) is 12.5. The van der Waals surface area contributed by atoms with Gasteiger partial charge in [-0.25, -0.2) is 4.79 Å². The molecule has 3 heteroatoms.